The number of allylic oxidation sites excluding steroid dienone is 1. The monoisotopic (exact) mass is 246 g/mol. The lowest BCUT2D eigenvalue weighted by molar-refractivity contribution is 0.281. The van der Waals surface area contributed by atoms with Gasteiger partial charge in [-0.15, -0.1) is 11.6 Å². The molecule has 0 N–H and O–H groups in total. The van der Waals surface area contributed by atoms with Gasteiger partial charge in [0.2, 0.25) is 0 Å². The van der Waals surface area contributed by atoms with Crippen LogP contribution in [0.1, 0.15) is 13.8 Å². The van der Waals surface area contributed by atoms with Crippen molar-refractivity contribution in [2.45, 2.75) is 18.7 Å². The maximum absolute atomic E-state index is 11.8. The minimum atomic E-state index is -3.32. The Balaban J connectivity index is 5.12. The molecule has 0 aromatic rings. The lowest BCUT2D eigenvalue weighted by Gasteiger charge is -2.24. The van der Waals surface area contributed by atoms with E-state index in [0.29, 0.717) is 0 Å². The van der Waals surface area contributed by atoms with E-state index in [2.05, 4.69) is 0 Å². The Kier molecular flexibility index (Phi) is 4.98. The highest BCUT2D eigenvalue weighted by atomic mass is 35.5. The van der Waals surface area contributed by atoms with Crippen molar-refractivity contribution in [3.63, 3.8) is 0 Å². The lowest BCUT2D eigenvalue weighted by Crippen LogP contribution is -2.15. The van der Waals surface area contributed by atoms with E-state index in [4.69, 9.17) is 32.2 Å². The van der Waals surface area contributed by atoms with Crippen LogP contribution in [-0.2, 0) is 13.6 Å². The molecule has 78 valence electrons. The maximum Gasteiger partial charge on any atom is 0.359 e. The molecule has 0 aliphatic rings. The van der Waals surface area contributed by atoms with Crippen molar-refractivity contribution in [1.29, 1.82) is 0 Å². The fourth-order valence-corrected chi connectivity index (χ4v) is 3.15. The summed E-state index contributed by atoms with van der Waals surface area (Å²) in [4.78, 5) is -0.858. The molecule has 6 heteroatoms. The van der Waals surface area contributed by atoms with Gasteiger partial charge < -0.3 is 9.05 Å². The fourth-order valence-electron chi connectivity index (χ4n) is 0.786. The van der Waals surface area contributed by atoms with E-state index in [0.717, 1.165) is 5.54 Å². The number of hydrogen-bond donors (Lipinski definition) is 0. The van der Waals surface area contributed by atoms with Crippen LogP contribution in [0, 0.1) is 0 Å². The highest BCUT2D eigenvalue weighted by Crippen LogP contribution is 2.60. The van der Waals surface area contributed by atoms with Crippen LogP contribution in [0.15, 0.2) is 10.8 Å². The molecule has 13 heavy (non-hydrogen) atoms. The van der Waals surface area contributed by atoms with E-state index in [1.165, 1.54) is 14.2 Å². The van der Waals surface area contributed by atoms with Crippen molar-refractivity contribution in [3.05, 3.63) is 10.8 Å². The minimum absolute atomic E-state index is 0.244. The van der Waals surface area contributed by atoms with E-state index in [1.807, 2.05) is 0 Å². The molecule has 0 bridgehead atoms. The molecular formula is C7H13Cl2O3P. The first-order valence-corrected chi connectivity index (χ1v) is 5.89. The molecule has 0 spiro atoms. The molecule has 0 aliphatic carbocycles. The van der Waals surface area contributed by atoms with Crippen LogP contribution >= 0.6 is 30.8 Å². The van der Waals surface area contributed by atoms with Crippen molar-refractivity contribution in [2.24, 2.45) is 0 Å². The lowest BCUT2D eigenvalue weighted by atomic mass is 10.2. The van der Waals surface area contributed by atoms with E-state index in [9.17, 15) is 4.57 Å². The number of rotatable bonds is 4. The highest BCUT2D eigenvalue weighted by molar-refractivity contribution is 7.58. The Morgan fingerprint density at radius 1 is 1.38 bits per heavy atom. The molecule has 0 rings (SSSR count). The van der Waals surface area contributed by atoms with Crippen molar-refractivity contribution in [1.82, 2.24) is 0 Å². The molecule has 0 amide bonds. The first-order chi connectivity index (χ1) is 5.81. The summed E-state index contributed by atoms with van der Waals surface area (Å²) in [6, 6.07) is 0. The molecule has 0 aromatic carbocycles. The van der Waals surface area contributed by atoms with Gasteiger partial charge in [0.1, 0.15) is 0 Å². The van der Waals surface area contributed by atoms with Crippen molar-refractivity contribution in [2.75, 3.05) is 14.2 Å². The van der Waals surface area contributed by atoms with Crippen molar-refractivity contribution >= 4 is 30.8 Å². The molecule has 3 nitrogen and oxygen atoms in total. The van der Waals surface area contributed by atoms with Crippen LogP contribution in [0.25, 0.3) is 0 Å². The molecule has 0 aromatic heterocycles. The van der Waals surface area contributed by atoms with Crippen molar-refractivity contribution < 1.29 is 13.6 Å². The average molecular weight is 247 g/mol. The summed E-state index contributed by atoms with van der Waals surface area (Å²) < 4.78 is 21.4. The Morgan fingerprint density at radius 3 is 1.85 bits per heavy atom. The SMILES string of the molecule is COP(=O)(OC)/C(=C/Cl)C(C)(C)Cl. The van der Waals surface area contributed by atoms with E-state index in [1.54, 1.807) is 13.8 Å². The smallest absolute Gasteiger partial charge is 0.309 e. The fraction of sp³-hybridized carbons (Fsp3) is 0.714. The second-order valence-corrected chi connectivity index (χ2v) is 6.20. The second-order valence-electron chi connectivity index (χ2n) is 2.83. The molecule has 0 saturated carbocycles. The summed E-state index contributed by atoms with van der Waals surface area (Å²) in [6.07, 6.45) is 0. The van der Waals surface area contributed by atoms with Crippen LogP contribution in [0.5, 0.6) is 0 Å². The third-order valence-corrected chi connectivity index (χ3v) is 4.43. The van der Waals surface area contributed by atoms with Gasteiger partial charge in [-0.25, -0.2) is 0 Å². The molecule has 0 saturated heterocycles. The van der Waals surface area contributed by atoms with Gasteiger partial charge >= 0.3 is 7.60 Å². The normalized spacial score (nSPS) is 14.8. The third-order valence-electron chi connectivity index (χ3n) is 1.49. The summed E-state index contributed by atoms with van der Waals surface area (Å²) >= 11 is 11.5. The number of alkyl halides is 1. The molecule has 0 atom stereocenters. The third kappa shape index (κ3) is 3.26. The van der Waals surface area contributed by atoms with Crippen molar-refractivity contribution in [3.8, 4) is 0 Å². The van der Waals surface area contributed by atoms with Crippen LogP contribution in [0.2, 0.25) is 0 Å². The Labute approximate surface area is 88.5 Å². The molecule has 0 radical (unpaired) electrons. The average Bonchev–Trinajstić information content (AvgIpc) is 2.02. The van der Waals surface area contributed by atoms with E-state index >= 15 is 0 Å². The zero-order valence-corrected chi connectivity index (χ0v) is 10.4. The largest absolute Gasteiger partial charge is 0.359 e. The van der Waals surface area contributed by atoms with Gasteiger partial charge in [-0.2, -0.15) is 0 Å². The van der Waals surface area contributed by atoms with Gasteiger partial charge in [0, 0.05) is 19.8 Å². The first-order valence-electron chi connectivity index (χ1n) is 3.53. The Morgan fingerprint density at radius 2 is 1.77 bits per heavy atom. The van der Waals surface area contributed by atoms with Crippen LogP contribution in [0.3, 0.4) is 0 Å². The molecule has 0 aliphatic heterocycles. The summed E-state index contributed by atoms with van der Waals surface area (Å²) in [5, 5.41) is 0.244. The van der Waals surface area contributed by atoms with E-state index < -0.39 is 12.5 Å². The minimum Gasteiger partial charge on any atom is -0.309 e. The van der Waals surface area contributed by atoms with Crippen LogP contribution < -0.4 is 0 Å². The Hall–Kier alpha value is 0.470. The number of hydrogen-bond acceptors (Lipinski definition) is 3. The standard InChI is InChI=1S/C7H13Cl2O3P/c1-7(2,9)6(5-8)13(10,11-3)12-4/h5H,1-4H3/b6-5+. The zero-order chi connectivity index (χ0) is 10.7. The van der Waals surface area contributed by atoms with Gasteiger partial charge in [-0.05, 0) is 13.8 Å². The predicted molar refractivity (Wildman–Crippen MR) is 55.5 cm³/mol. The zero-order valence-electron chi connectivity index (χ0n) is 8.01. The van der Waals surface area contributed by atoms with Gasteiger partial charge in [-0.1, -0.05) is 11.6 Å². The molecule has 0 unspecified atom stereocenters. The predicted octanol–water partition coefficient (Wildman–Crippen LogP) is 3.57. The van der Waals surface area contributed by atoms with Gasteiger partial charge in [0.05, 0.1) is 10.2 Å². The summed E-state index contributed by atoms with van der Waals surface area (Å²) in [6.45, 7) is 3.32. The topological polar surface area (TPSA) is 35.5 Å². The van der Waals surface area contributed by atoms with Crippen LogP contribution in [0.4, 0.5) is 0 Å². The maximum atomic E-state index is 11.8. The second kappa shape index (κ2) is 4.81. The summed E-state index contributed by atoms with van der Waals surface area (Å²) in [7, 11) is -0.746. The number of halogens is 2. The quantitative estimate of drug-likeness (QED) is 0.562. The molecule has 0 heterocycles. The first kappa shape index (κ1) is 13.5. The van der Waals surface area contributed by atoms with Crippen LogP contribution in [-0.4, -0.2) is 19.1 Å². The van der Waals surface area contributed by atoms with E-state index in [-0.39, 0.29) is 5.31 Å². The van der Waals surface area contributed by atoms with Gasteiger partial charge in [-0.3, -0.25) is 4.57 Å². The molecular weight excluding hydrogens is 234 g/mol. The summed E-state index contributed by atoms with van der Waals surface area (Å²) in [5.41, 5.74) is 1.14. The Bertz CT molecular complexity index is 237. The highest BCUT2D eigenvalue weighted by Gasteiger charge is 2.37. The van der Waals surface area contributed by atoms with Gasteiger partial charge in [0.15, 0.2) is 0 Å². The summed E-state index contributed by atoms with van der Waals surface area (Å²) in [5.74, 6) is 0. The molecule has 0 fully saturated rings. The van der Waals surface area contributed by atoms with Gasteiger partial charge in [0.25, 0.3) is 0 Å².